The zero-order chi connectivity index (χ0) is 12.8. The Hall–Kier alpha value is -0.940. The number of rotatable bonds is 4. The molecule has 0 bridgehead atoms. The van der Waals surface area contributed by atoms with Gasteiger partial charge in [-0.25, -0.2) is 0 Å². The van der Waals surface area contributed by atoms with Gasteiger partial charge in [-0.05, 0) is 13.0 Å². The van der Waals surface area contributed by atoms with E-state index in [1.54, 1.807) is 0 Å². The van der Waals surface area contributed by atoms with Crippen LogP contribution in [0.3, 0.4) is 0 Å². The third kappa shape index (κ3) is 4.07. The summed E-state index contributed by atoms with van der Waals surface area (Å²) in [5.41, 5.74) is 0. The highest BCUT2D eigenvalue weighted by atomic mass is 16.2. The number of nitrogens with one attached hydrogen (secondary N) is 1. The van der Waals surface area contributed by atoms with Crippen LogP contribution in [-0.4, -0.2) is 67.3 Å². The molecule has 1 N–H and O–H groups in total. The molecule has 0 aromatic rings. The zero-order valence-corrected chi connectivity index (χ0v) is 11.0. The maximum atomic E-state index is 11.9. The molecular weight excluding hydrogens is 230 g/mol. The quantitative estimate of drug-likeness (QED) is 0.758. The molecule has 0 atom stereocenters. The SMILES string of the molecule is O=C1CCN(CCCC(=O)N2CCNCC2)CC1. The van der Waals surface area contributed by atoms with Crippen molar-refractivity contribution < 1.29 is 9.59 Å². The highest BCUT2D eigenvalue weighted by Gasteiger charge is 2.18. The summed E-state index contributed by atoms with van der Waals surface area (Å²) in [6, 6.07) is 0. The fraction of sp³-hybridized carbons (Fsp3) is 0.846. The van der Waals surface area contributed by atoms with Gasteiger partial charge in [0, 0.05) is 58.5 Å². The molecule has 102 valence electrons. The van der Waals surface area contributed by atoms with Gasteiger partial charge < -0.3 is 15.1 Å². The second kappa shape index (κ2) is 6.85. The number of hydrogen-bond donors (Lipinski definition) is 1. The Kier molecular flexibility index (Phi) is 5.13. The van der Waals surface area contributed by atoms with E-state index < -0.39 is 0 Å². The smallest absolute Gasteiger partial charge is 0.222 e. The number of Topliss-reactive ketones (excluding diaryl/α,β-unsaturated/α-hetero) is 1. The first kappa shape index (κ1) is 13.5. The number of nitrogens with zero attached hydrogens (tertiary/aromatic N) is 2. The van der Waals surface area contributed by atoms with Crippen molar-refractivity contribution in [3.63, 3.8) is 0 Å². The van der Waals surface area contributed by atoms with Crippen LogP contribution < -0.4 is 5.32 Å². The summed E-state index contributed by atoms with van der Waals surface area (Å²) in [5, 5.41) is 3.25. The molecular formula is C13H23N3O2. The number of amides is 1. The van der Waals surface area contributed by atoms with Gasteiger partial charge in [0.15, 0.2) is 0 Å². The van der Waals surface area contributed by atoms with Crippen LogP contribution in [0, 0.1) is 0 Å². The molecule has 5 heteroatoms. The molecule has 2 saturated heterocycles. The number of carbonyl (C=O) groups is 2. The van der Waals surface area contributed by atoms with E-state index in [9.17, 15) is 9.59 Å². The molecule has 2 fully saturated rings. The number of piperazine rings is 1. The van der Waals surface area contributed by atoms with Crippen molar-refractivity contribution >= 4 is 11.7 Å². The minimum absolute atomic E-state index is 0.282. The molecule has 1 amide bonds. The Bertz CT molecular complexity index is 291. The molecule has 0 unspecified atom stereocenters. The lowest BCUT2D eigenvalue weighted by atomic mass is 10.1. The zero-order valence-electron chi connectivity index (χ0n) is 11.0. The number of likely N-dealkylation sites (tertiary alicyclic amines) is 1. The van der Waals surface area contributed by atoms with Gasteiger partial charge in [0.1, 0.15) is 5.78 Å². The number of piperidine rings is 1. The molecule has 2 aliphatic heterocycles. The first-order chi connectivity index (χ1) is 8.75. The molecule has 0 saturated carbocycles. The minimum Gasteiger partial charge on any atom is -0.340 e. The van der Waals surface area contributed by atoms with Gasteiger partial charge in [-0.1, -0.05) is 0 Å². The monoisotopic (exact) mass is 253 g/mol. The Balaban J connectivity index is 1.59. The lowest BCUT2D eigenvalue weighted by molar-refractivity contribution is -0.132. The minimum atomic E-state index is 0.282. The van der Waals surface area contributed by atoms with Crippen molar-refractivity contribution in [1.29, 1.82) is 0 Å². The van der Waals surface area contributed by atoms with Crippen LogP contribution in [0.25, 0.3) is 0 Å². The summed E-state index contributed by atoms with van der Waals surface area (Å²) in [4.78, 5) is 27.3. The summed E-state index contributed by atoms with van der Waals surface area (Å²) < 4.78 is 0. The topological polar surface area (TPSA) is 52.7 Å². The van der Waals surface area contributed by atoms with Crippen molar-refractivity contribution in [2.45, 2.75) is 25.7 Å². The molecule has 18 heavy (non-hydrogen) atoms. The predicted octanol–water partition coefficient (Wildman–Crippen LogP) is -0.137. The van der Waals surface area contributed by atoms with Gasteiger partial charge in [-0.3, -0.25) is 9.59 Å². The first-order valence-electron chi connectivity index (χ1n) is 6.98. The highest BCUT2D eigenvalue weighted by Crippen LogP contribution is 2.08. The van der Waals surface area contributed by atoms with Crippen LogP contribution in [0.15, 0.2) is 0 Å². The van der Waals surface area contributed by atoms with E-state index >= 15 is 0 Å². The molecule has 0 radical (unpaired) electrons. The van der Waals surface area contributed by atoms with Crippen LogP contribution in [0.2, 0.25) is 0 Å². The fourth-order valence-corrected chi connectivity index (χ4v) is 2.55. The summed E-state index contributed by atoms with van der Waals surface area (Å²) in [6.45, 7) is 6.22. The Labute approximate surface area is 108 Å². The van der Waals surface area contributed by atoms with Gasteiger partial charge in [0.2, 0.25) is 5.91 Å². The van der Waals surface area contributed by atoms with Crippen LogP contribution >= 0.6 is 0 Å². The van der Waals surface area contributed by atoms with Crippen LogP contribution in [0.4, 0.5) is 0 Å². The lowest BCUT2D eigenvalue weighted by Crippen LogP contribution is -2.46. The fourth-order valence-electron chi connectivity index (χ4n) is 2.55. The third-order valence-corrected chi connectivity index (χ3v) is 3.75. The molecule has 0 aliphatic carbocycles. The van der Waals surface area contributed by atoms with Crippen molar-refractivity contribution in [1.82, 2.24) is 15.1 Å². The number of ketones is 1. The summed E-state index contributed by atoms with van der Waals surface area (Å²) in [7, 11) is 0. The maximum Gasteiger partial charge on any atom is 0.222 e. The Morgan fingerprint density at radius 1 is 1.11 bits per heavy atom. The lowest BCUT2D eigenvalue weighted by Gasteiger charge is -2.28. The van der Waals surface area contributed by atoms with E-state index in [1.807, 2.05) is 4.90 Å². The normalized spacial score (nSPS) is 22.2. The predicted molar refractivity (Wildman–Crippen MR) is 69.4 cm³/mol. The third-order valence-electron chi connectivity index (χ3n) is 3.75. The molecule has 2 heterocycles. The summed E-state index contributed by atoms with van der Waals surface area (Å²) in [6.07, 6.45) is 2.93. The van der Waals surface area contributed by atoms with Crippen LogP contribution in [0.5, 0.6) is 0 Å². The average Bonchev–Trinajstić information content (AvgIpc) is 2.42. The van der Waals surface area contributed by atoms with E-state index in [2.05, 4.69) is 10.2 Å². The van der Waals surface area contributed by atoms with Crippen molar-refractivity contribution in [3.8, 4) is 0 Å². The van der Waals surface area contributed by atoms with Gasteiger partial charge in [0.05, 0.1) is 0 Å². The van der Waals surface area contributed by atoms with E-state index in [0.29, 0.717) is 25.0 Å². The number of carbonyl (C=O) groups excluding carboxylic acids is 2. The van der Waals surface area contributed by atoms with Gasteiger partial charge in [-0.2, -0.15) is 0 Å². The highest BCUT2D eigenvalue weighted by molar-refractivity contribution is 5.79. The van der Waals surface area contributed by atoms with Crippen molar-refractivity contribution in [2.24, 2.45) is 0 Å². The second-order valence-electron chi connectivity index (χ2n) is 5.11. The molecule has 0 spiro atoms. The van der Waals surface area contributed by atoms with Crippen molar-refractivity contribution in [2.75, 3.05) is 45.8 Å². The molecule has 0 aromatic heterocycles. The molecule has 0 aromatic carbocycles. The summed E-state index contributed by atoms with van der Waals surface area (Å²) in [5.74, 6) is 0.660. The first-order valence-corrected chi connectivity index (χ1v) is 6.98. The molecule has 5 nitrogen and oxygen atoms in total. The van der Waals surface area contributed by atoms with Gasteiger partial charge in [-0.15, -0.1) is 0 Å². The van der Waals surface area contributed by atoms with E-state index in [1.165, 1.54) is 0 Å². The Morgan fingerprint density at radius 3 is 2.44 bits per heavy atom. The van der Waals surface area contributed by atoms with Gasteiger partial charge in [0.25, 0.3) is 0 Å². The average molecular weight is 253 g/mol. The Morgan fingerprint density at radius 2 is 1.78 bits per heavy atom. The van der Waals surface area contributed by atoms with E-state index in [4.69, 9.17) is 0 Å². The van der Waals surface area contributed by atoms with Gasteiger partial charge >= 0.3 is 0 Å². The standard InChI is InChI=1S/C13H23N3O2/c17-12-3-8-15(9-4-12)7-1-2-13(18)16-10-5-14-6-11-16/h14H,1-11H2. The second-order valence-corrected chi connectivity index (χ2v) is 5.11. The summed E-state index contributed by atoms with van der Waals surface area (Å²) >= 11 is 0. The largest absolute Gasteiger partial charge is 0.340 e. The maximum absolute atomic E-state index is 11.9. The van der Waals surface area contributed by atoms with E-state index in [-0.39, 0.29) is 5.91 Å². The van der Waals surface area contributed by atoms with Crippen molar-refractivity contribution in [3.05, 3.63) is 0 Å². The molecule has 2 rings (SSSR count). The number of hydrogen-bond acceptors (Lipinski definition) is 4. The molecule has 2 aliphatic rings. The van der Waals surface area contributed by atoms with E-state index in [0.717, 1.165) is 52.2 Å². The van der Waals surface area contributed by atoms with Crippen LogP contribution in [0.1, 0.15) is 25.7 Å². The van der Waals surface area contributed by atoms with Crippen LogP contribution in [-0.2, 0) is 9.59 Å².